The van der Waals surface area contributed by atoms with Gasteiger partial charge in [0.1, 0.15) is 11.9 Å². The van der Waals surface area contributed by atoms with Crippen LogP contribution < -0.4 is 0 Å². The summed E-state index contributed by atoms with van der Waals surface area (Å²) in [7, 11) is 0. The number of carbonyl (C=O) groups excluding carboxylic acids is 1. The summed E-state index contributed by atoms with van der Waals surface area (Å²) in [6.45, 7) is 3.02. The van der Waals surface area contributed by atoms with Gasteiger partial charge >= 0.3 is 11.9 Å². The molecule has 0 amide bonds. The number of aliphatic hydroxyl groups excluding tert-OH is 1. The van der Waals surface area contributed by atoms with Crippen molar-refractivity contribution in [2.24, 2.45) is 4.99 Å². The lowest BCUT2D eigenvalue weighted by Gasteiger charge is -2.19. The highest BCUT2D eigenvalue weighted by molar-refractivity contribution is 6.38. The van der Waals surface area contributed by atoms with Crippen molar-refractivity contribution in [3.05, 3.63) is 11.5 Å². The molecule has 1 atom stereocenters. The van der Waals surface area contributed by atoms with Crippen molar-refractivity contribution in [2.75, 3.05) is 0 Å². The summed E-state index contributed by atoms with van der Waals surface area (Å²) in [5.74, 6) is -2.34. The lowest BCUT2D eigenvalue weighted by atomic mass is 10.2. The van der Waals surface area contributed by atoms with E-state index >= 15 is 0 Å². The first-order valence-corrected chi connectivity index (χ1v) is 4.42. The molecule has 1 aliphatic rings. The number of hydrogen-bond donors (Lipinski definition) is 2. The van der Waals surface area contributed by atoms with E-state index < -0.39 is 18.0 Å². The summed E-state index contributed by atoms with van der Waals surface area (Å²) in [4.78, 5) is 25.5. The number of carboxylic acid groups (broad SMARTS) is 1. The van der Waals surface area contributed by atoms with Crippen LogP contribution in [0.5, 0.6) is 0 Å². The zero-order chi connectivity index (χ0) is 11.6. The molecule has 1 aliphatic heterocycles. The average molecular weight is 213 g/mol. The topological polar surface area (TPSA) is 96.2 Å². The third-order valence-electron chi connectivity index (χ3n) is 1.92. The Kier molecular flexibility index (Phi) is 3.08. The van der Waals surface area contributed by atoms with Gasteiger partial charge in [-0.1, -0.05) is 6.92 Å². The van der Waals surface area contributed by atoms with Gasteiger partial charge < -0.3 is 14.9 Å². The van der Waals surface area contributed by atoms with Crippen LogP contribution in [0.15, 0.2) is 16.4 Å². The highest BCUT2D eigenvalue weighted by atomic mass is 16.5. The van der Waals surface area contributed by atoms with E-state index in [1.807, 2.05) is 0 Å². The van der Waals surface area contributed by atoms with E-state index in [2.05, 4.69) is 4.99 Å². The summed E-state index contributed by atoms with van der Waals surface area (Å²) in [6, 6.07) is 0. The molecule has 1 rings (SSSR count). The van der Waals surface area contributed by atoms with Crippen molar-refractivity contribution in [3.63, 3.8) is 0 Å². The van der Waals surface area contributed by atoms with Crippen LogP contribution in [0.1, 0.15) is 20.3 Å². The van der Waals surface area contributed by atoms with E-state index in [1.54, 1.807) is 6.92 Å². The number of allylic oxidation sites excluding steroid dienone is 1. The molecular formula is C9H11NO5. The molecule has 0 saturated carbocycles. The van der Waals surface area contributed by atoms with Crippen LogP contribution in [0.25, 0.3) is 0 Å². The van der Waals surface area contributed by atoms with Crippen molar-refractivity contribution < 1.29 is 24.5 Å². The number of hydrogen-bond acceptors (Lipinski definition) is 5. The van der Waals surface area contributed by atoms with E-state index in [4.69, 9.17) is 9.84 Å². The smallest absolute Gasteiger partial charge is 0.361 e. The first-order chi connectivity index (χ1) is 6.97. The minimum atomic E-state index is -1.27. The Morgan fingerprint density at radius 3 is 2.60 bits per heavy atom. The minimum absolute atomic E-state index is 0.190. The Morgan fingerprint density at radius 1 is 1.53 bits per heavy atom. The molecule has 15 heavy (non-hydrogen) atoms. The first kappa shape index (κ1) is 11.2. The summed E-state index contributed by atoms with van der Waals surface area (Å²) in [5, 5.41) is 18.1. The molecule has 0 fully saturated rings. The van der Waals surface area contributed by atoms with Gasteiger partial charge in [0.05, 0.1) is 0 Å². The molecular weight excluding hydrogens is 202 g/mol. The largest absolute Gasteiger partial charge is 0.510 e. The molecule has 0 bridgehead atoms. The normalized spacial score (nSPS) is 24.3. The predicted molar refractivity (Wildman–Crippen MR) is 50.6 cm³/mol. The molecule has 0 spiro atoms. The Balaban J connectivity index is 3.20. The van der Waals surface area contributed by atoms with E-state index in [0.29, 0.717) is 0 Å². The standard InChI is InChI=1S/C9H11NO5/c1-3-5(11)7-9(14)15-4(2)6(10-7)8(12)13/h4,11H,3H2,1-2H3,(H,12,13)/b7-5+. The third kappa shape index (κ3) is 2.15. The highest BCUT2D eigenvalue weighted by Crippen LogP contribution is 2.17. The van der Waals surface area contributed by atoms with E-state index in [1.165, 1.54) is 6.92 Å². The van der Waals surface area contributed by atoms with E-state index in [0.717, 1.165) is 0 Å². The number of carboxylic acids is 1. The lowest BCUT2D eigenvalue weighted by molar-refractivity contribution is -0.142. The zero-order valence-corrected chi connectivity index (χ0v) is 8.35. The molecule has 1 unspecified atom stereocenters. The van der Waals surface area contributed by atoms with Gasteiger partial charge in [-0.3, -0.25) is 0 Å². The van der Waals surface area contributed by atoms with Crippen LogP contribution in [0.2, 0.25) is 0 Å². The summed E-state index contributed by atoms with van der Waals surface area (Å²) in [6.07, 6.45) is -0.710. The monoisotopic (exact) mass is 213 g/mol. The van der Waals surface area contributed by atoms with Gasteiger partial charge in [0.25, 0.3) is 0 Å². The number of aliphatic imine (C=N–C) groups is 1. The second-order valence-corrected chi connectivity index (χ2v) is 3.00. The molecule has 6 heteroatoms. The van der Waals surface area contributed by atoms with E-state index in [-0.39, 0.29) is 23.6 Å². The Morgan fingerprint density at radius 2 is 2.13 bits per heavy atom. The number of carbonyl (C=O) groups is 2. The predicted octanol–water partition coefficient (Wildman–Crippen LogP) is 0.637. The fourth-order valence-electron chi connectivity index (χ4n) is 1.10. The maximum absolute atomic E-state index is 11.2. The number of ether oxygens (including phenoxy) is 1. The van der Waals surface area contributed by atoms with Crippen LogP contribution >= 0.6 is 0 Å². The Bertz CT molecular complexity index is 369. The van der Waals surface area contributed by atoms with Crippen molar-refractivity contribution in [1.29, 1.82) is 0 Å². The van der Waals surface area contributed by atoms with Crippen molar-refractivity contribution in [1.82, 2.24) is 0 Å². The van der Waals surface area contributed by atoms with Crippen molar-refractivity contribution >= 4 is 17.7 Å². The molecule has 0 aromatic rings. The molecule has 0 aliphatic carbocycles. The summed E-state index contributed by atoms with van der Waals surface area (Å²) >= 11 is 0. The second kappa shape index (κ2) is 4.12. The Labute approximate surface area is 85.9 Å². The van der Waals surface area contributed by atoms with Crippen LogP contribution in [-0.2, 0) is 14.3 Å². The number of aliphatic hydroxyl groups is 1. The molecule has 6 nitrogen and oxygen atoms in total. The maximum Gasteiger partial charge on any atom is 0.361 e. The quantitative estimate of drug-likeness (QED) is 0.398. The number of aliphatic carboxylic acids is 1. The zero-order valence-electron chi connectivity index (χ0n) is 8.35. The highest BCUT2D eigenvalue weighted by Gasteiger charge is 2.31. The summed E-state index contributed by atoms with van der Waals surface area (Å²) < 4.78 is 4.73. The van der Waals surface area contributed by atoms with Gasteiger partial charge in [0.2, 0.25) is 0 Å². The SMILES string of the molecule is CC/C(O)=C1\N=C(C(=O)O)C(C)OC1=O. The van der Waals surface area contributed by atoms with Gasteiger partial charge in [-0.15, -0.1) is 0 Å². The molecule has 0 radical (unpaired) electrons. The van der Waals surface area contributed by atoms with Crippen LogP contribution in [0, 0.1) is 0 Å². The van der Waals surface area contributed by atoms with Crippen molar-refractivity contribution in [2.45, 2.75) is 26.4 Å². The van der Waals surface area contributed by atoms with Gasteiger partial charge in [-0.25, -0.2) is 14.6 Å². The fourth-order valence-corrected chi connectivity index (χ4v) is 1.10. The minimum Gasteiger partial charge on any atom is -0.510 e. The van der Waals surface area contributed by atoms with Crippen LogP contribution in [0.3, 0.4) is 0 Å². The second-order valence-electron chi connectivity index (χ2n) is 3.00. The summed E-state index contributed by atoms with van der Waals surface area (Å²) in [5.41, 5.74) is -0.613. The molecule has 1 heterocycles. The fraction of sp³-hybridized carbons (Fsp3) is 0.444. The van der Waals surface area contributed by atoms with Crippen LogP contribution in [-0.4, -0.2) is 34.0 Å². The first-order valence-electron chi connectivity index (χ1n) is 4.42. The van der Waals surface area contributed by atoms with E-state index in [9.17, 15) is 14.7 Å². The van der Waals surface area contributed by atoms with Gasteiger partial charge in [0, 0.05) is 6.42 Å². The maximum atomic E-state index is 11.2. The van der Waals surface area contributed by atoms with Gasteiger partial charge in [-0.2, -0.15) is 0 Å². The number of esters is 1. The molecule has 82 valence electrons. The Hall–Kier alpha value is -1.85. The third-order valence-corrected chi connectivity index (χ3v) is 1.92. The molecule has 2 N–H and O–H groups in total. The molecule has 0 aromatic heterocycles. The van der Waals surface area contributed by atoms with Gasteiger partial charge in [0.15, 0.2) is 11.4 Å². The lowest BCUT2D eigenvalue weighted by Crippen LogP contribution is -2.35. The number of rotatable bonds is 2. The number of nitrogens with zero attached hydrogens (tertiary/aromatic N) is 1. The number of cyclic esters (lactones) is 1. The average Bonchev–Trinajstić information content (AvgIpc) is 2.16. The van der Waals surface area contributed by atoms with Crippen LogP contribution in [0.4, 0.5) is 0 Å². The van der Waals surface area contributed by atoms with Crippen molar-refractivity contribution in [3.8, 4) is 0 Å². The molecule has 0 aromatic carbocycles. The van der Waals surface area contributed by atoms with Gasteiger partial charge in [-0.05, 0) is 6.92 Å². The molecule has 0 saturated heterocycles.